The molecule has 3 fully saturated rings. The van der Waals surface area contributed by atoms with Crippen molar-refractivity contribution in [3.8, 4) is 0 Å². The first-order chi connectivity index (χ1) is 14.8. The quantitative estimate of drug-likeness (QED) is 0.293. The number of carbonyl (C=O) groups is 1. The molecule has 3 rings (SSSR count). The van der Waals surface area contributed by atoms with Crippen molar-refractivity contribution in [3.05, 3.63) is 0 Å². The van der Waals surface area contributed by atoms with Crippen LogP contribution in [-0.2, 0) is 9.47 Å². The lowest BCUT2D eigenvalue weighted by atomic mass is 9.96. The number of methoxy groups -OCH3 is 1. The van der Waals surface area contributed by atoms with E-state index in [1.165, 1.54) is 12.8 Å². The van der Waals surface area contributed by atoms with E-state index in [4.69, 9.17) is 9.47 Å². The largest absolute Gasteiger partial charge is 0.444 e. The van der Waals surface area contributed by atoms with Gasteiger partial charge in [0.05, 0.1) is 6.61 Å². The van der Waals surface area contributed by atoms with E-state index in [1.54, 1.807) is 7.11 Å². The van der Waals surface area contributed by atoms with E-state index in [0.717, 1.165) is 64.4 Å². The average Bonchev–Trinajstić information content (AvgIpc) is 3.00. The highest BCUT2D eigenvalue weighted by Gasteiger charge is 2.45. The standard InChI is InChI=1S/C23H43N5O3.HI/c1-23(2,3)31-22(29)28-19-6-7-20(28)15-18(14-19)26-21(24-4)25-16-17-8-10-27(11-9-17)12-13-30-5;/h17-20H,6-16H2,1-5H3,(H2,24,25,26);1H. The van der Waals surface area contributed by atoms with Crippen LogP contribution in [0.4, 0.5) is 4.79 Å². The van der Waals surface area contributed by atoms with Crippen LogP contribution in [0, 0.1) is 5.92 Å². The third-order valence-corrected chi connectivity index (χ3v) is 6.78. The van der Waals surface area contributed by atoms with Crippen LogP contribution >= 0.6 is 24.0 Å². The minimum Gasteiger partial charge on any atom is -0.444 e. The molecular formula is C23H44IN5O3. The van der Waals surface area contributed by atoms with E-state index in [0.29, 0.717) is 12.0 Å². The number of hydrogen-bond acceptors (Lipinski definition) is 5. The molecule has 0 saturated carbocycles. The summed E-state index contributed by atoms with van der Waals surface area (Å²) in [7, 11) is 3.61. The number of carbonyl (C=O) groups excluding carboxylic acids is 1. The Morgan fingerprint density at radius 3 is 2.25 bits per heavy atom. The van der Waals surface area contributed by atoms with Gasteiger partial charge in [-0.15, -0.1) is 24.0 Å². The number of rotatable bonds is 6. The Hall–Kier alpha value is -0.810. The summed E-state index contributed by atoms with van der Waals surface area (Å²) in [4.78, 5) is 21.6. The number of likely N-dealkylation sites (tertiary alicyclic amines) is 1. The Morgan fingerprint density at radius 1 is 1.09 bits per heavy atom. The van der Waals surface area contributed by atoms with Crippen molar-refractivity contribution >= 4 is 36.0 Å². The molecule has 9 heteroatoms. The molecule has 1 amide bonds. The molecule has 0 aromatic carbocycles. The van der Waals surface area contributed by atoms with E-state index in [2.05, 4.69) is 20.5 Å². The number of halogens is 1. The number of guanidine groups is 1. The predicted octanol–water partition coefficient (Wildman–Crippen LogP) is 3.06. The smallest absolute Gasteiger partial charge is 0.410 e. The summed E-state index contributed by atoms with van der Waals surface area (Å²) in [5, 5.41) is 7.17. The number of amides is 1. The lowest BCUT2D eigenvalue weighted by Gasteiger charge is -2.40. The summed E-state index contributed by atoms with van der Waals surface area (Å²) in [6.45, 7) is 10.9. The van der Waals surface area contributed by atoms with Crippen molar-refractivity contribution in [2.75, 3.05) is 46.9 Å². The van der Waals surface area contributed by atoms with Crippen molar-refractivity contribution in [1.29, 1.82) is 0 Å². The summed E-state index contributed by atoms with van der Waals surface area (Å²) in [5.41, 5.74) is -0.447. The van der Waals surface area contributed by atoms with Gasteiger partial charge in [0.1, 0.15) is 5.60 Å². The molecule has 186 valence electrons. The zero-order valence-corrected chi connectivity index (χ0v) is 22.9. The van der Waals surface area contributed by atoms with E-state index in [9.17, 15) is 4.79 Å². The van der Waals surface area contributed by atoms with Gasteiger partial charge in [-0.1, -0.05) is 0 Å². The lowest BCUT2D eigenvalue weighted by molar-refractivity contribution is 0.00544. The van der Waals surface area contributed by atoms with Gasteiger partial charge in [0.2, 0.25) is 0 Å². The molecule has 2 unspecified atom stereocenters. The molecule has 2 N–H and O–H groups in total. The minimum atomic E-state index is -0.447. The van der Waals surface area contributed by atoms with Crippen molar-refractivity contribution in [3.63, 3.8) is 0 Å². The predicted molar refractivity (Wildman–Crippen MR) is 139 cm³/mol. The first kappa shape index (κ1) is 27.4. The van der Waals surface area contributed by atoms with Crippen LogP contribution < -0.4 is 10.6 Å². The number of fused-ring (bicyclic) bond motifs is 2. The third kappa shape index (κ3) is 7.90. The second-order valence-electron chi connectivity index (χ2n) is 10.3. The monoisotopic (exact) mass is 565 g/mol. The second kappa shape index (κ2) is 12.6. The molecule has 0 radical (unpaired) electrons. The van der Waals surface area contributed by atoms with Crippen molar-refractivity contribution in [1.82, 2.24) is 20.4 Å². The van der Waals surface area contributed by atoms with E-state index < -0.39 is 5.60 Å². The van der Waals surface area contributed by atoms with Crippen molar-refractivity contribution < 1.29 is 14.3 Å². The summed E-state index contributed by atoms with van der Waals surface area (Å²) >= 11 is 0. The van der Waals surface area contributed by atoms with Crippen LogP contribution in [-0.4, -0.2) is 92.5 Å². The molecule has 2 atom stereocenters. The van der Waals surface area contributed by atoms with Gasteiger partial charge in [-0.3, -0.25) is 4.99 Å². The number of hydrogen-bond donors (Lipinski definition) is 2. The molecular weight excluding hydrogens is 521 g/mol. The van der Waals surface area contributed by atoms with Gasteiger partial charge in [0, 0.05) is 45.4 Å². The first-order valence-corrected chi connectivity index (χ1v) is 12.0. The maximum absolute atomic E-state index is 12.7. The molecule has 0 spiro atoms. The van der Waals surface area contributed by atoms with Gasteiger partial charge in [-0.05, 0) is 78.3 Å². The first-order valence-electron chi connectivity index (χ1n) is 12.0. The highest BCUT2D eigenvalue weighted by atomic mass is 127. The molecule has 2 bridgehead atoms. The third-order valence-electron chi connectivity index (χ3n) is 6.78. The number of piperidine rings is 2. The van der Waals surface area contributed by atoms with Gasteiger partial charge < -0.3 is 29.9 Å². The zero-order chi connectivity index (χ0) is 22.4. The van der Waals surface area contributed by atoms with E-state index in [-0.39, 0.29) is 42.2 Å². The Morgan fingerprint density at radius 2 is 1.72 bits per heavy atom. The van der Waals surface area contributed by atoms with Crippen LogP contribution in [0.5, 0.6) is 0 Å². The lowest BCUT2D eigenvalue weighted by Crippen LogP contribution is -2.55. The van der Waals surface area contributed by atoms with Crippen LogP contribution in [0.2, 0.25) is 0 Å². The molecule has 3 aliphatic rings. The van der Waals surface area contributed by atoms with Gasteiger partial charge in [-0.25, -0.2) is 4.79 Å². The fraction of sp³-hybridized carbons (Fsp3) is 0.913. The van der Waals surface area contributed by atoms with Gasteiger partial charge in [0.15, 0.2) is 5.96 Å². The summed E-state index contributed by atoms with van der Waals surface area (Å²) in [6, 6.07) is 0.875. The molecule has 0 aromatic heterocycles. The zero-order valence-electron chi connectivity index (χ0n) is 20.6. The van der Waals surface area contributed by atoms with E-state index >= 15 is 0 Å². The average molecular weight is 566 g/mol. The molecule has 32 heavy (non-hydrogen) atoms. The molecule has 3 saturated heterocycles. The minimum absolute atomic E-state index is 0. The summed E-state index contributed by atoms with van der Waals surface area (Å²) in [5.74, 6) is 1.57. The number of nitrogens with zero attached hydrogens (tertiary/aromatic N) is 3. The summed E-state index contributed by atoms with van der Waals surface area (Å²) < 4.78 is 10.8. The second-order valence-corrected chi connectivity index (χ2v) is 10.3. The van der Waals surface area contributed by atoms with Crippen LogP contribution in [0.25, 0.3) is 0 Å². The molecule has 3 aliphatic heterocycles. The van der Waals surface area contributed by atoms with E-state index in [1.807, 2.05) is 32.7 Å². The molecule has 8 nitrogen and oxygen atoms in total. The fourth-order valence-electron chi connectivity index (χ4n) is 5.17. The molecule has 0 aliphatic carbocycles. The Bertz CT molecular complexity index is 605. The Kier molecular flexibility index (Phi) is 10.8. The molecule has 0 aromatic rings. The van der Waals surface area contributed by atoms with Crippen LogP contribution in [0.15, 0.2) is 4.99 Å². The highest BCUT2D eigenvalue weighted by Crippen LogP contribution is 2.36. The summed E-state index contributed by atoms with van der Waals surface area (Å²) in [6.07, 6.45) is 6.31. The van der Waals surface area contributed by atoms with Crippen molar-refractivity contribution in [2.24, 2.45) is 10.9 Å². The Balaban J connectivity index is 0.00000363. The van der Waals surface area contributed by atoms with Gasteiger partial charge >= 0.3 is 6.09 Å². The molecule has 3 heterocycles. The normalized spacial score (nSPS) is 27.1. The van der Waals surface area contributed by atoms with Gasteiger partial charge in [0.25, 0.3) is 0 Å². The van der Waals surface area contributed by atoms with Gasteiger partial charge in [-0.2, -0.15) is 0 Å². The fourth-order valence-corrected chi connectivity index (χ4v) is 5.17. The number of nitrogens with one attached hydrogen (secondary N) is 2. The number of aliphatic imine (C=N–C) groups is 1. The highest BCUT2D eigenvalue weighted by molar-refractivity contribution is 14.0. The maximum Gasteiger partial charge on any atom is 0.410 e. The SMILES string of the molecule is CN=C(NCC1CCN(CCOC)CC1)NC1CC2CCC(C1)N2C(=O)OC(C)(C)C.I. The van der Waals surface area contributed by atoms with Crippen LogP contribution in [0.1, 0.15) is 59.3 Å². The topological polar surface area (TPSA) is 78.4 Å². The van der Waals surface area contributed by atoms with Crippen molar-refractivity contribution in [2.45, 2.75) is 83.0 Å². The Labute approximate surface area is 211 Å². The maximum atomic E-state index is 12.7. The van der Waals surface area contributed by atoms with Crippen LogP contribution in [0.3, 0.4) is 0 Å². The number of ether oxygens (including phenoxy) is 2.